The highest BCUT2D eigenvalue weighted by atomic mass is 16.5. The summed E-state index contributed by atoms with van der Waals surface area (Å²) in [7, 11) is 1.31. The van der Waals surface area contributed by atoms with Crippen molar-refractivity contribution in [3.05, 3.63) is 71.8 Å². The van der Waals surface area contributed by atoms with Crippen LogP contribution in [-0.4, -0.2) is 34.9 Å². The number of hydrogen-bond donors (Lipinski definition) is 1. The first-order chi connectivity index (χ1) is 15.0. The third-order valence-corrected chi connectivity index (χ3v) is 4.51. The highest BCUT2D eigenvalue weighted by Gasteiger charge is 2.16. The van der Waals surface area contributed by atoms with E-state index < -0.39 is 17.8 Å². The molecule has 0 fully saturated rings. The second-order valence-electron chi connectivity index (χ2n) is 6.64. The van der Waals surface area contributed by atoms with Crippen molar-refractivity contribution < 1.29 is 23.9 Å². The molecule has 1 aromatic heterocycles. The Kier molecular flexibility index (Phi) is 5.28. The fourth-order valence-electron chi connectivity index (χ4n) is 3.15. The fourth-order valence-corrected chi connectivity index (χ4v) is 3.15. The standard InChI is InChI=1S/C23H17N3O5/c1-13(27)31-20-9-4-3-6-15(20)22(28)24-14-10-11-17-19(12-14)25-18-8-5-7-16(21(18)26-17)23(29)30-2/h3-12H,1-2H3,(H,24,28). The van der Waals surface area contributed by atoms with Crippen molar-refractivity contribution in [1.29, 1.82) is 0 Å². The Morgan fingerprint density at radius 1 is 0.839 bits per heavy atom. The van der Waals surface area contributed by atoms with Gasteiger partial charge in [-0.1, -0.05) is 18.2 Å². The normalized spacial score (nSPS) is 10.6. The van der Waals surface area contributed by atoms with Gasteiger partial charge < -0.3 is 14.8 Å². The molecule has 31 heavy (non-hydrogen) atoms. The van der Waals surface area contributed by atoms with E-state index in [-0.39, 0.29) is 11.3 Å². The first-order valence-corrected chi connectivity index (χ1v) is 9.34. The molecule has 0 bridgehead atoms. The number of ether oxygens (including phenoxy) is 2. The number of hydrogen-bond acceptors (Lipinski definition) is 7. The van der Waals surface area contributed by atoms with E-state index in [0.717, 1.165) is 0 Å². The number of amides is 1. The Bertz CT molecular complexity index is 1350. The van der Waals surface area contributed by atoms with Gasteiger partial charge in [0.1, 0.15) is 11.3 Å². The van der Waals surface area contributed by atoms with Gasteiger partial charge in [-0.3, -0.25) is 9.59 Å². The zero-order valence-electron chi connectivity index (χ0n) is 16.7. The number of esters is 2. The van der Waals surface area contributed by atoms with Crippen molar-refractivity contribution in [2.75, 3.05) is 12.4 Å². The minimum absolute atomic E-state index is 0.175. The first kappa shape index (κ1) is 20.0. The van der Waals surface area contributed by atoms with Crippen molar-refractivity contribution in [3.8, 4) is 5.75 Å². The number of carbonyl (C=O) groups excluding carboxylic acids is 3. The van der Waals surface area contributed by atoms with Gasteiger partial charge in [0.2, 0.25) is 0 Å². The number of nitrogens with one attached hydrogen (secondary N) is 1. The number of nitrogens with zero attached hydrogens (tertiary/aromatic N) is 2. The average Bonchev–Trinajstić information content (AvgIpc) is 2.76. The number of rotatable bonds is 4. The lowest BCUT2D eigenvalue weighted by Gasteiger charge is -2.10. The molecule has 0 radical (unpaired) electrons. The molecule has 8 nitrogen and oxygen atoms in total. The van der Waals surface area contributed by atoms with Crippen LogP contribution in [0.1, 0.15) is 27.6 Å². The van der Waals surface area contributed by atoms with Crippen LogP contribution in [0.25, 0.3) is 22.1 Å². The van der Waals surface area contributed by atoms with Gasteiger partial charge in [0.15, 0.2) is 0 Å². The lowest BCUT2D eigenvalue weighted by atomic mass is 10.1. The molecule has 0 atom stereocenters. The van der Waals surface area contributed by atoms with E-state index in [9.17, 15) is 14.4 Å². The lowest BCUT2D eigenvalue weighted by Crippen LogP contribution is -2.14. The summed E-state index contributed by atoms with van der Waals surface area (Å²) in [6, 6.07) is 16.6. The van der Waals surface area contributed by atoms with E-state index in [1.165, 1.54) is 14.0 Å². The maximum atomic E-state index is 12.7. The quantitative estimate of drug-likeness (QED) is 0.307. The smallest absolute Gasteiger partial charge is 0.340 e. The molecule has 0 aliphatic rings. The summed E-state index contributed by atoms with van der Waals surface area (Å²) in [5.74, 6) is -1.26. The molecular weight excluding hydrogens is 398 g/mol. The van der Waals surface area contributed by atoms with Crippen molar-refractivity contribution in [2.24, 2.45) is 0 Å². The van der Waals surface area contributed by atoms with Gasteiger partial charge in [-0.15, -0.1) is 0 Å². The predicted molar refractivity (Wildman–Crippen MR) is 114 cm³/mol. The topological polar surface area (TPSA) is 107 Å². The Morgan fingerprint density at radius 3 is 2.39 bits per heavy atom. The number of carbonyl (C=O) groups is 3. The summed E-state index contributed by atoms with van der Waals surface area (Å²) < 4.78 is 9.91. The SMILES string of the molecule is COC(=O)c1cccc2nc3cc(NC(=O)c4ccccc4OC(C)=O)ccc3nc12. The van der Waals surface area contributed by atoms with Crippen molar-refractivity contribution in [2.45, 2.75) is 6.92 Å². The van der Waals surface area contributed by atoms with E-state index in [0.29, 0.717) is 33.3 Å². The molecule has 8 heteroatoms. The van der Waals surface area contributed by atoms with Crippen molar-refractivity contribution >= 4 is 45.6 Å². The van der Waals surface area contributed by atoms with Gasteiger partial charge in [0, 0.05) is 12.6 Å². The van der Waals surface area contributed by atoms with Crippen LogP contribution in [0, 0.1) is 0 Å². The predicted octanol–water partition coefficient (Wildman–Crippen LogP) is 3.75. The van der Waals surface area contributed by atoms with E-state index in [4.69, 9.17) is 9.47 Å². The second-order valence-corrected chi connectivity index (χ2v) is 6.64. The molecule has 1 N–H and O–H groups in total. The van der Waals surface area contributed by atoms with Crippen LogP contribution in [0.3, 0.4) is 0 Å². The maximum Gasteiger partial charge on any atom is 0.340 e. The molecule has 0 spiro atoms. The minimum atomic E-state index is -0.514. The molecule has 4 rings (SSSR count). The molecule has 3 aromatic carbocycles. The molecule has 1 heterocycles. The van der Waals surface area contributed by atoms with Gasteiger partial charge in [-0.05, 0) is 42.5 Å². The monoisotopic (exact) mass is 415 g/mol. The highest BCUT2D eigenvalue weighted by molar-refractivity contribution is 6.07. The third-order valence-electron chi connectivity index (χ3n) is 4.51. The van der Waals surface area contributed by atoms with Crippen LogP contribution in [0.15, 0.2) is 60.7 Å². The number of anilines is 1. The molecule has 4 aromatic rings. The molecule has 0 unspecified atom stereocenters. The van der Waals surface area contributed by atoms with Gasteiger partial charge in [-0.2, -0.15) is 0 Å². The molecule has 0 aliphatic heterocycles. The molecule has 0 aliphatic carbocycles. The second kappa shape index (κ2) is 8.19. The zero-order valence-corrected chi connectivity index (χ0v) is 16.7. The Hall–Kier alpha value is -4.33. The average molecular weight is 415 g/mol. The largest absolute Gasteiger partial charge is 0.465 e. The lowest BCUT2D eigenvalue weighted by molar-refractivity contribution is -0.131. The number of aromatic nitrogens is 2. The maximum absolute atomic E-state index is 12.7. The van der Waals surface area contributed by atoms with Gasteiger partial charge >= 0.3 is 11.9 Å². The van der Waals surface area contributed by atoms with Crippen LogP contribution in [0.2, 0.25) is 0 Å². The van der Waals surface area contributed by atoms with Crippen LogP contribution in [0.4, 0.5) is 5.69 Å². The molecule has 1 amide bonds. The molecule has 154 valence electrons. The summed E-state index contributed by atoms with van der Waals surface area (Å²) in [6.07, 6.45) is 0. The molecule has 0 saturated carbocycles. The first-order valence-electron chi connectivity index (χ1n) is 9.34. The van der Waals surface area contributed by atoms with Crippen LogP contribution in [-0.2, 0) is 9.53 Å². The summed E-state index contributed by atoms with van der Waals surface area (Å²) in [4.78, 5) is 45.1. The Labute approximate surface area is 176 Å². The highest BCUT2D eigenvalue weighted by Crippen LogP contribution is 2.24. The van der Waals surface area contributed by atoms with E-state index >= 15 is 0 Å². The summed E-state index contributed by atoms with van der Waals surface area (Å²) in [5, 5.41) is 2.78. The van der Waals surface area contributed by atoms with Gasteiger partial charge in [0.25, 0.3) is 5.91 Å². The number of para-hydroxylation sites is 2. The zero-order chi connectivity index (χ0) is 22.0. The third kappa shape index (κ3) is 4.04. The van der Waals surface area contributed by atoms with Crippen molar-refractivity contribution in [1.82, 2.24) is 9.97 Å². The van der Waals surface area contributed by atoms with E-state index in [2.05, 4.69) is 15.3 Å². The van der Waals surface area contributed by atoms with Gasteiger partial charge in [-0.25, -0.2) is 14.8 Å². The molecular formula is C23H17N3O5. The van der Waals surface area contributed by atoms with Crippen LogP contribution in [0.5, 0.6) is 5.75 Å². The number of fused-ring (bicyclic) bond motifs is 2. The van der Waals surface area contributed by atoms with Gasteiger partial charge in [0.05, 0.1) is 34.8 Å². The molecule has 0 saturated heterocycles. The minimum Gasteiger partial charge on any atom is -0.465 e. The Morgan fingerprint density at radius 2 is 1.61 bits per heavy atom. The van der Waals surface area contributed by atoms with Crippen LogP contribution >= 0.6 is 0 Å². The summed E-state index contributed by atoms with van der Waals surface area (Å²) in [6.45, 7) is 1.27. The fraction of sp³-hybridized carbons (Fsp3) is 0.0870. The Balaban J connectivity index is 1.69. The summed E-state index contributed by atoms with van der Waals surface area (Å²) >= 11 is 0. The van der Waals surface area contributed by atoms with E-state index in [1.807, 2.05) is 0 Å². The van der Waals surface area contributed by atoms with Crippen molar-refractivity contribution in [3.63, 3.8) is 0 Å². The summed E-state index contributed by atoms with van der Waals surface area (Å²) in [5.41, 5.74) is 3.11. The number of methoxy groups -OCH3 is 1. The number of benzene rings is 3. The van der Waals surface area contributed by atoms with E-state index in [1.54, 1.807) is 60.7 Å². The van der Waals surface area contributed by atoms with Crippen LogP contribution < -0.4 is 10.1 Å².